The van der Waals surface area contributed by atoms with Crippen LogP contribution in [0.4, 0.5) is 0 Å². The number of aromatic nitrogens is 2. The van der Waals surface area contributed by atoms with Gasteiger partial charge in [-0.15, -0.1) is 0 Å². The molecule has 2 rings (SSSR count). The summed E-state index contributed by atoms with van der Waals surface area (Å²) in [4.78, 5) is 31.0. The molecule has 80 valence electrons. The molecule has 6 nitrogen and oxygen atoms in total. The van der Waals surface area contributed by atoms with E-state index >= 15 is 0 Å². The second kappa shape index (κ2) is 4.22. The van der Waals surface area contributed by atoms with E-state index in [0.717, 1.165) is 13.1 Å². The minimum Gasteiger partial charge on any atom is -0.336 e. The molecule has 0 bridgehead atoms. The summed E-state index contributed by atoms with van der Waals surface area (Å²) in [7, 11) is 0. The lowest BCUT2D eigenvalue weighted by atomic mass is 10.2. The van der Waals surface area contributed by atoms with E-state index in [4.69, 9.17) is 0 Å². The first-order chi connectivity index (χ1) is 7.29. The summed E-state index contributed by atoms with van der Waals surface area (Å²) < 4.78 is 0. The Morgan fingerprint density at radius 2 is 2.13 bits per heavy atom. The molecule has 1 aliphatic heterocycles. The number of hydrogen-bond acceptors (Lipinski definition) is 4. The zero-order valence-electron chi connectivity index (χ0n) is 8.19. The van der Waals surface area contributed by atoms with Gasteiger partial charge in [-0.25, -0.2) is 4.98 Å². The number of piperazine rings is 1. The molecule has 0 aliphatic carbocycles. The number of nitrogens with zero attached hydrogens (tertiary/aromatic N) is 2. The Hall–Kier alpha value is -1.69. The lowest BCUT2D eigenvalue weighted by Gasteiger charge is -2.26. The summed E-state index contributed by atoms with van der Waals surface area (Å²) in [5, 5.41) is 3.14. The van der Waals surface area contributed by atoms with Crippen LogP contribution in [0.3, 0.4) is 0 Å². The highest BCUT2D eigenvalue weighted by atomic mass is 16.2. The van der Waals surface area contributed by atoms with Crippen molar-refractivity contribution in [3.63, 3.8) is 0 Å². The molecular formula is C9H12N4O2. The molecule has 2 heterocycles. The average Bonchev–Trinajstić information content (AvgIpc) is 2.30. The monoisotopic (exact) mass is 208 g/mol. The van der Waals surface area contributed by atoms with Gasteiger partial charge in [0, 0.05) is 32.4 Å². The molecule has 0 radical (unpaired) electrons. The number of rotatable bonds is 1. The summed E-state index contributed by atoms with van der Waals surface area (Å²) in [6, 6.07) is 0. The van der Waals surface area contributed by atoms with Gasteiger partial charge in [0.1, 0.15) is 5.56 Å². The summed E-state index contributed by atoms with van der Waals surface area (Å²) in [6.07, 6.45) is 2.58. The number of amides is 1. The first-order valence-electron chi connectivity index (χ1n) is 4.82. The van der Waals surface area contributed by atoms with E-state index in [-0.39, 0.29) is 17.0 Å². The molecule has 2 N–H and O–H groups in total. The average molecular weight is 208 g/mol. The summed E-state index contributed by atoms with van der Waals surface area (Å²) in [6.45, 7) is 2.80. The van der Waals surface area contributed by atoms with Crippen molar-refractivity contribution in [1.82, 2.24) is 20.2 Å². The Labute approximate surface area is 86.3 Å². The molecule has 15 heavy (non-hydrogen) atoms. The highest BCUT2D eigenvalue weighted by Gasteiger charge is 2.20. The molecule has 0 unspecified atom stereocenters. The van der Waals surface area contributed by atoms with Gasteiger partial charge in [0.05, 0.1) is 6.33 Å². The predicted molar refractivity (Wildman–Crippen MR) is 53.6 cm³/mol. The van der Waals surface area contributed by atoms with Crippen LogP contribution in [0, 0.1) is 0 Å². The number of hydrogen-bond donors (Lipinski definition) is 2. The van der Waals surface area contributed by atoms with Crippen molar-refractivity contribution in [2.45, 2.75) is 0 Å². The normalized spacial score (nSPS) is 16.4. The standard InChI is InChI=1S/C9H12N4O2/c14-8-7(5-11-6-12-8)9(15)13-3-1-10-2-4-13/h5-6,10H,1-4H2,(H,11,12,14). The maximum absolute atomic E-state index is 11.9. The van der Waals surface area contributed by atoms with Gasteiger partial charge < -0.3 is 15.2 Å². The van der Waals surface area contributed by atoms with E-state index in [0.29, 0.717) is 13.1 Å². The van der Waals surface area contributed by atoms with Gasteiger partial charge in [-0.05, 0) is 0 Å². The molecule has 0 atom stereocenters. The SMILES string of the molecule is O=C(c1cnc[nH]c1=O)N1CCNCC1. The van der Waals surface area contributed by atoms with Crippen molar-refractivity contribution in [3.05, 3.63) is 28.4 Å². The Morgan fingerprint density at radius 3 is 2.80 bits per heavy atom. The van der Waals surface area contributed by atoms with Crippen molar-refractivity contribution >= 4 is 5.91 Å². The van der Waals surface area contributed by atoms with E-state index in [1.54, 1.807) is 4.90 Å². The molecule has 1 fully saturated rings. The van der Waals surface area contributed by atoms with Crippen molar-refractivity contribution in [3.8, 4) is 0 Å². The molecule has 0 spiro atoms. The van der Waals surface area contributed by atoms with E-state index in [9.17, 15) is 9.59 Å². The minimum absolute atomic E-state index is 0.111. The summed E-state index contributed by atoms with van der Waals surface area (Å²) >= 11 is 0. The van der Waals surface area contributed by atoms with Gasteiger partial charge in [-0.2, -0.15) is 0 Å². The quantitative estimate of drug-likeness (QED) is 0.608. The first-order valence-corrected chi connectivity index (χ1v) is 4.82. The van der Waals surface area contributed by atoms with Gasteiger partial charge in [0.2, 0.25) is 0 Å². The fourth-order valence-corrected chi connectivity index (χ4v) is 1.53. The first kappa shape index (κ1) is 9.85. The van der Waals surface area contributed by atoms with Crippen LogP contribution in [-0.4, -0.2) is 47.0 Å². The van der Waals surface area contributed by atoms with Crippen LogP contribution < -0.4 is 10.9 Å². The molecule has 6 heteroatoms. The number of nitrogens with one attached hydrogen (secondary N) is 2. The van der Waals surface area contributed by atoms with Gasteiger partial charge in [-0.3, -0.25) is 9.59 Å². The summed E-state index contributed by atoms with van der Waals surface area (Å²) in [5.74, 6) is -0.245. The van der Waals surface area contributed by atoms with Crippen LogP contribution >= 0.6 is 0 Å². The van der Waals surface area contributed by atoms with Crippen LogP contribution in [0.5, 0.6) is 0 Å². The zero-order valence-corrected chi connectivity index (χ0v) is 8.19. The summed E-state index contributed by atoms with van der Waals surface area (Å²) in [5.41, 5.74) is -0.270. The molecule has 1 amide bonds. The molecule has 0 aromatic carbocycles. The largest absolute Gasteiger partial charge is 0.336 e. The van der Waals surface area contributed by atoms with Crippen molar-refractivity contribution in [1.29, 1.82) is 0 Å². The molecule has 1 aromatic rings. The zero-order chi connectivity index (χ0) is 10.7. The van der Waals surface area contributed by atoms with E-state index < -0.39 is 0 Å². The lowest BCUT2D eigenvalue weighted by Crippen LogP contribution is -2.47. The second-order valence-electron chi connectivity index (χ2n) is 3.34. The fourth-order valence-electron chi connectivity index (χ4n) is 1.53. The van der Waals surface area contributed by atoms with Crippen LogP contribution in [-0.2, 0) is 0 Å². The van der Waals surface area contributed by atoms with Gasteiger partial charge >= 0.3 is 0 Å². The number of aromatic amines is 1. The second-order valence-corrected chi connectivity index (χ2v) is 3.34. The third-order valence-electron chi connectivity index (χ3n) is 2.35. The smallest absolute Gasteiger partial charge is 0.263 e. The Bertz CT molecular complexity index is 409. The van der Waals surface area contributed by atoms with E-state index in [1.165, 1.54) is 12.5 Å². The third-order valence-corrected chi connectivity index (χ3v) is 2.35. The van der Waals surface area contributed by atoms with Crippen molar-refractivity contribution in [2.24, 2.45) is 0 Å². The maximum Gasteiger partial charge on any atom is 0.263 e. The van der Waals surface area contributed by atoms with Crippen LogP contribution in [0.15, 0.2) is 17.3 Å². The van der Waals surface area contributed by atoms with Gasteiger partial charge in [0.15, 0.2) is 0 Å². The topological polar surface area (TPSA) is 78.1 Å². The van der Waals surface area contributed by atoms with Gasteiger partial charge in [0.25, 0.3) is 11.5 Å². The minimum atomic E-state index is -0.381. The fraction of sp³-hybridized carbons (Fsp3) is 0.444. The van der Waals surface area contributed by atoms with Crippen LogP contribution in [0.1, 0.15) is 10.4 Å². The Balaban J connectivity index is 2.20. The highest BCUT2D eigenvalue weighted by molar-refractivity contribution is 5.93. The van der Waals surface area contributed by atoms with Crippen molar-refractivity contribution in [2.75, 3.05) is 26.2 Å². The molecular weight excluding hydrogens is 196 g/mol. The predicted octanol–water partition coefficient (Wildman–Crippen LogP) is -1.18. The maximum atomic E-state index is 11.9. The third kappa shape index (κ3) is 2.04. The lowest BCUT2D eigenvalue weighted by molar-refractivity contribution is 0.0733. The van der Waals surface area contributed by atoms with E-state index in [1.807, 2.05) is 0 Å². The Kier molecular flexibility index (Phi) is 2.77. The van der Waals surface area contributed by atoms with Crippen LogP contribution in [0.25, 0.3) is 0 Å². The highest BCUT2D eigenvalue weighted by Crippen LogP contribution is 1.99. The number of H-pyrrole nitrogens is 1. The Morgan fingerprint density at radius 1 is 1.40 bits per heavy atom. The van der Waals surface area contributed by atoms with E-state index in [2.05, 4.69) is 15.3 Å². The van der Waals surface area contributed by atoms with Crippen molar-refractivity contribution < 1.29 is 4.79 Å². The molecule has 0 saturated carbocycles. The molecule has 1 aliphatic rings. The molecule has 1 aromatic heterocycles. The number of carbonyl (C=O) groups excluding carboxylic acids is 1. The van der Waals surface area contributed by atoms with Crippen LogP contribution in [0.2, 0.25) is 0 Å². The van der Waals surface area contributed by atoms with Gasteiger partial charge in [-0.1, -0.05) is 0 Å². The molecule has 1 saturated heterocycles. The number of carbonyl (C=O) groups is 1.